The van der Waals surface area contributed by atoms with Crippen LogP contribution in [-0.2, 0) is 9.53 Å². The van der Waals surface area contributed by atoms with Crippen LogP contribution >= 0.6 is 0 Å². The summed E-state index contributed by atoms with van der Waals surface area (Å²) < 4.78 is 4.67. The average molecular weight is 160 g/mol. The quantitative estimate of drug-likeness (QED) is 0.599. The maximum Gasteiger partial charge on any atom is 0.248 e. The minimum Gasteiger partial charge on any atom is -0.375 e. The maximum absolute atomic E-state index is 11.0. The van der Waals surface area contributed by atoms with Gasteiger partial charge in [0.1, 0.15) is 6.61 Å². The molecule has 0 aromatic rings. The highest BCUT2D eigenvalue weighted by atomic mass is 16.5. The largest absolute Gasteiger partial charge is 0.375 e. The Hall–Kier alpha value is -0.610. The van der Waals surface area contributed by atoms with Crippen LogP contribution in [0.5, 0.6) is 0 Å². The van der Waals surface area contributed by atoms with Crippen molar-refractivity contribution in [3.8, 4) is 0 Å². The molecule has 0 aliphatic heterocycles. The van der Waals surface area contributed by atoms with E-state index in [9.17, 15) is 4.79 Å². The molecule has 1 atom stereocenters. The van der Waals surface area contributed by atoms with Crippen LogP contribution in [0.1, 0.15) is 6.92 Å². The molecular formula is C7H16N2O2. The first-order valence-electron chi connectivity index (χ1n) is 3.56. The van der Waals surface area contributed by atoms with Crippen molar-refractivity contribution in [2.45, 2.75) is 13.0 Å². The summed E-state index contributed by atoms with van der Waals surface area (Å²) in [6, 6.07) is 0.0146. The first-order valence-corrected chi connectivity index (χ1v) is 3.56. The van der Waals surface area contributed by atoms with Crippen LogP contribution in [0, 0.1) is 0 Å². The van der Waals surface area contributed by atoms with Gasteiger partial charge in [-0.15, -0.1) is 0 Å². The third kappa shape index (κ3) is 4.75. The number of hydrogen-bond acceptors (Lipinski definition) is 3. The van der Waals surface area contributed by atoms with Crippen molar-refractivity contribution in [3.05, 3.63) is 0 Å². The highest BCUT2D eigenvalue weighted by Crippen LogP contribution is 1.87. The Bertz CT molecular complexity index is 126. The molecule has 0 bridgehead atoms. The molecule has 4 heteroatoms. The Kier molecular flexibility index (Phi) is 4.81. The highest BCUT2D eigenvalue weighted by Gasteiger charge is 2.08. The zero-order valence-corrected chi connectivity index (χ0v) is 7.33. The SMILES string of the molecule is COCC(=O)N(C)CC(C)N. The fourth-order valence-corrected chi connectivity index (χ4v) is 0.767. The molecule has 0 aromatic heterocycles. The third-order valence-corrected chi connectivity index (χ3v) is 1.26. The van der Waals surface area contributed by atoms with Crippen LogP contribution in [0.25, 0.3) is 0 Å². The molecule has 2 N–H and O–H groups in total. The first kappa shape index (κ1) is 10.4. The molecule has 0 saturated heterocycles. The molecule has 1 amide bonds. The van der Waals surface area contributed by atoms with Gasteiger partial charge in [0.15, 0.2) is 0 Å². The molecule has 4 nitrogen and oxygen atoms in total. The number of amides is 1. The van der Waals surface area contributed by atoms with Gasteiger partial charge in [-0.05, 0) is 6.92 Å². The lowest BCUT2D eigenvalue weighted by atomic mass is 10.3. The summed E-state index contributed by atoms with van der Waals surface area (Å²) in [5.74, 6) is -0.0372. The average Bonchev–Trinajstić information content (AvgIpc) is 1.86. The number of hydrogen-bond donors (Lipinski definition) is 1. The highest BCUT2D eigenvalue weighted by molar-refractivity contribution is 5.77. The molecule has 0 aromatic carbocycles. The summed E-state index contributed by atoms with van der Waals surface area (Å²) in [5, 5.41) is 0. The minimum absolute atomic E-state index is 0.0146. The van der Waals surface area contributed by atoms with E-state index in [1.165, 1.54) is 7.11 Å². The number of carbonyl (C=O) groups excluding carboxylic acids is 1. The number of ether oxygens (including phenoxy) is 1. The number of methoxy groups -OCH3 is 1. The van der Waals surface area contributed by atoms with Crippen molar-refractivity contribution in [1.29, 1.82) is 0 Å². The zero-order valence-electron chi connectivity index (χ0n) is 7.33. The van der Waals surface area contributed by atoms with Gasteiger partial charge in [-0.2, -0.15) is 0 Å². The smallest absolute Gasteiger partial charge is 0.248 e. The van der Waals surface area contributed by atoms with E-state index in [2.05, 4.69) is 4.74 Å². The summed E-state index contributed by atoms with van der Waals surface area (Å²) in [7, 11) is 3.21. The van der Waals surface area contributed by atoms with Gasteiger partial charge in [-0.3, -0.25) is 4.79 Å². The van der Waals surface area contributed by atoms with E-state index in [4.69, 9.17) is 5.73 Å². The molecule has 66 valence electrons. The van der Waals surface area contributed by atoms with Crippen LogP contribution in [0.15, 0.2) is 0 Å². The van der Waals surface area contributed by atoms with Gasteiger partial charge < -0.3 is 15.4 Å². The number of likely N-dealkylation sites (N-methyl/N-ethyl adjacent to an activating group) is 1. The van der Waals surface area contributed by atoms with Crippen LogP contribution in [-0.4, -0.2) is 44.2 Å². The minimum atomic E-state index is -0.0372. The van der Waals surface area contributed by atoms with Crippen molar-refractivity contribution < 1.29 is 9.53 Å². The lowest BCUT2D eigenvalue weighted by Gasteiger charge is -2.18. The summed E-state index contributed by atoms with van der Waals surface area (Å²) in [6.07, 6.45) is 0. The molecule has 11 heavy (non-hydrogen) atoms. The topological polar surface area (TPSA) is 55.6 Å². The monoisotopic (exact) mass is 160 g/mol. The van der Waals surface area contributed by atoms with E-state index >= 15 is 0 Å². The lowest BCUT2D eigenvalue weighted by molar-refractivity contribution is -0.133. The van der Waals surface area contributed by atoms with Crippen LogP contribution in [0.3, 0.4) is 0 Å². The number of nitrogens with zero attached hydrogens (tertiary/aromatic N) is 1. The fraction of sp³-hybridized carbons (Fsp3) is 0.857. The molecule has 0 rings (SSSR count). The van der Waals surface area contributed by atoms with Crippen molar-refractivity contribution in [2.24, 2.45) is 5.73 Å². The predicted molar refractivity (Wildman–Crippen MR) is 43.2 cm³/mol. The second kappa shape index (κ2) is 5.09. The Labute approximate surface area is 67.3 Å². The van der Waals surface area contributed by atoms with E-state index < -0.39 is 0 Å². The molecule has 0 spiro atoms. The molecule has 0 aliphatic carbocycles. The molecule has 1 unspecified atom stereocenters. The van der Waals surface area contributed by atoms with Gasteiger partial charge in [0, 0.05) is 26.7 Å². The Morgan fingerprint density at radius 3 is 2.64 bits per heavy atom. The summed E-state index contributed by atoms with van der Waals surface area (Å²) in [5.41, 5.74) is 5.49. The van der Waals surface area contributed by atoms with Gasteiger partial charge >= 0.3 is 0 Å². The molecule has 0 fully saturated rings. The predicted octanol–water partition coefficient (Wildman–Crippen LogP) is -0.562. The van der Waals surface area contributed by atoms with Crippen LogP contribution in [0.4, 0.5) is 0 Å². The van der Waals surface area contributed by atoms with Gasteiger partial charge in [-0.1, -0.05) is 0 Å². The molecule has 0 radical (unpaired) electrons. The van der Waals surface area contributed by atoms with Crippen molar-refractivity contribution in [2.75, 3.05) is 27.3 Å². The Morgan fingerprint density at radius 2 is 2.27 bits per heavy atom. The zero-order chi connectivity index (χ0) is 8.85. The van der Waals surface area contributed by atoms with E-state index in [1.807, 2.05) is 6.92 Å². The van der Waals surface area contributed by atoms with Crippen LogP contribution < -0.4 is 5.73 Å². The Morgan fingerprint density at radius 1 is 1.73 bits per heavy atom. The van der Waals surface area contributed by atoms with E-state index in [0.29, 0.717) is 6.54 Å². The summed E-state index contributed by atoms with van der Waals surface area (Å²) in [6.45, 7) is 2.56. The second-order valence-corrected chi connectivity index (χ2v) is 2.68. The number of carbonyl (C=O) groups is 1. The molecule has 0 aliphatic rings. The lowest BCUT2D eigenvalue weighted by Crippen LogP contribution is -2.38. The normalized spacial score (nSPS) is 12.7. The molecule has 0 saturated carbocycles. The number of nitrogens with two attached hydrogens (primary N) is 1. The van der Waals surface area contributed by atoms with E-state index in [-0.39, 0.29) is 18.6 Å². The Balaban J connectivity index is 3.64. The van der Waals surface area contributed by atoms with Crippen LogP contribution in [0.2, 0.25) is 0 Å². The summed E-state index contributed by atoms with van der Waals surface area (Å²) in [4.78, 5) is 12.6. The van der Waals surface area contributed by atoms with Crippen molar-refractivity contribution in [1.82, 2.24) is 4.90 Å². The molecule has 0 heterocycles. The summed E-state index contributed by atoms with van der Waals surface area (Å²) >= 11 is 0. The van der Waals surface area contributed by atoms with Crippen molar-refractivity contribution >= 4 is 5.91 Å². The van der Waals surface area contributed by atoms with Gasteiger partial charge in [0.25, 0.3) is 0 Å². The van der Waals surface area contributed by atoms with Gasteiger partial charge in [-0.25, -0.2) is 0 Å². The maximum atomic E-state index is 11.0. The van der Waals surface area contributed by atoms with Gasteiger partial charge in [0.05, 0.1) is 0 Å². The first-order chi connectivity index (χ1) is 5.07. The van der Waals surface area contributed by atoms with E-state index in [0.717, 1.165) is 0 Å². The fourth-order valence-electron chi connectivity index (χ4n) is 0.767. The standard InChI is InChI=1S/C7H16N2O2/c1-6(8)4-9(2)7(10)5-11-3/h6H,4-5,8H2,1-3H3. The van der Waals surface area contributed by atoms with Gasteiger partial charge in [0.2, 0.25) is 5.91 Å². The molecular weight excluding hydrogens is 144 g/mol. The van der Waals surface area contributed by atoms with E-state index in [1.54, 1.807) is 11.9 Å². The third-order valence-electron chi connectivity index (χ3n) is 1.26. The second-order valence-electron chi connectivity index (χ2n) is 2.68. The number of rotatable bonds is 4. The van der Waals surface area contributed by atoms with Crippen molar-refractivity contribution in [3.63, 3.8) is 0 Å².